The summed E-state index contributed by atoms with van der Waals surface area (Å²) in [6, 6.07) is 9.15. The zero-order valence-corrected chi connectivity index (χ0v) is 9.00. The van der Waals surface area contributed by atoms with Crippen molar-refractivity contribution < 1.29 is 19.5 Å². The number of hydrogen-bond donors (Lipinski definition) is 1. The molecular weight excluding hydrogens is 222 g/mol. The average molecular weight is 233 g/mol. The molecule has 0 saturated carbocycles. The van der Waals surface area contributed by atoms with Gasteiger partial charge in [-0.05, 0) is 5.56 Å². The first-order chi connectivity index (χ1) is 8.09. The number of amides is 1. The first kappa shape index (κ1) is 11.3. The van der Waals surface area contributed by atoms with E-state index in [-0.39, 0.29) is 13.1 Å². The van der Waals surface area contributed by atoms with Gasteiger partial charge in [0, 0.05) is 13.1 Å². The Kier molecular flexibility index (Phi) is 2.91. The molecule has 5 nitrogen and oxygen atoms in total. The van der Waals surface area contributed by atoms with E-state index < -0.39 is 23.6 Å². The fourth-order valence-electron chi connectivity index (χ4n) is 1.82. The number of carboxylic acids is 1. The fraction of sp³-hybridized carbons (Fsp3) is 0.250. The van der Waals surface area contributed by atoms with E-state index in [1.165, 1.54) is 4.90 Å². The molecule has 1 unspecified atom stereocenters. The number of carbonyl (C=O) groups excluding carboxylic acids is 2. The highest BCUT2D eigenvalue weighted by Gasteiger charge is 2.42. The molecule has 0 bridgehead atoms. The second-order valence-corrected chi connectivity index (χ2v) is 3.93. The second kappa shape index (κ2) is 4.37. The van der Waals surface area contributed by atoms with Crippen LogP contribution in [0.4, 0.5) is 0 Å². The summed E-state index contributed by atoms with van der Waals surface area (Å²) in [6.45, 7) is 0.233. The standard InChI is InChI=1S/C12H11NO4/c14-10-9(12(16)17)7-13(11(10)15)6-8-4-2-1-3-5-8/h1-5,9H,6-7H2,(H,16,17). The van der Waals surface area contributed by atoms with E-state index in [4.69, 9.17) is 5.11 Å². The molecule has 1 N–H and O–H groups in total. The fourth-order valence-corrected chi connectivity index (χ4v) is 1.82. The maximum atomic E-state index is 11.5. The number of likely N-dealkylation sites (tertiary alicyclic amines) is 1. The van der Waals surface area contributed by atoms with Crippen molar-refractivity contribution in [2.75, 3.05) is 6.54 Å². The minimum absolute atomic E-state index is 0.0398. The van der Waals surface area contributed by atoms with E-state index in [1.54, 1.807) is 0 Å². The molecule has 1 aliphatic heterocycles. The molecule has 1 aliphatic rings. The molecule has 5 heteroatoms. The highest BCUT2D eigenvalue weighted by atomic mass is 16.4. The average Bonchev–Trinajstić information content (AvgIpc) is 2.59. The van der Waals surface area contributed by atoms with Crippen molar-refractivity contribution >= 4 is 17.7 Å². The van der Waals surface area contributed by atoms with Gasteiger partial charge in [0.1, 0.15) is 5.92 Å². The maximum Gasteiger partial charge on any atom is 0.316 e. The number of nitrogens with zero attached hydrogens (tertiary/aromatic N) is 1. The summed E-state index contributed by atoms with van der Waals surface area (Å²) in [6.07, 6.45) is 0. The molecule has 1 aromatic rings. The zero-order chi connectivity index (χ0) is 12.4. The zero-order valence-electron chi connectivity index (χ0n) is 9.00. The first-order valence-electron chi connectivity index (χ1n) is 5.19. The van der Waals surface area contributed by atoms with Crippen molar-refractivity contribution in [2.45, 2.75) is 6.54 Å². The molecule has 17 heavy (non-hydrogen) atoms. The summed E-state index contributed by atoms with van der Waals surface area (Å²) in [7, 11) is 0. The van der Waals surface area contributed by atoms with Crippen LogP contribution in [0.2, 0.25) is 0 Å². The normalized spacial score (nSPS) is 19.8. The van der Waals surface area contributed by atoms with E-state index in [2.05, 4.69) is 0 Å². The van der Waals surface area contributed by atoms with E-state index in [0.717, 1.165) is 5.56 Å². The molecule has 88 valence electrons. The number of carbonyl (C=O) groups is 3. The highest BCUT2D eigenvalue weighted by Crippen LogP contribution is 2.17. The predicted molar refractivity (Wildman–Crippen MR) is 58.0 cm³/mol. The Morgan fingerprint density at radius 1 is 1.29 bits per heavy atom. The molecule has 0 aliphatic carbocycles. The Morgan fingerprint density at radius 2 is 1.94 bits per heavy atom. The Hall–Kier alpha value is -2.17. The van der Waals surface area contributed by atoms with E-state index >= 15 is 0 Å². The quantitative estimate of drug-likeness (QED) is 0.601. The molecule has 1 saturated heterocycles. The third-order valence-electron chi connectivity index (χ3n) is 2.73. The van der Waals surface area contributed by atoms with Gasteiger partial charge in [0.2, 0.25) is 5.78 Å². The molecular formula is C12H11NO4. The molecule has 0 aromatic heterocycles. The number of ketones is 1. The third-order valence-corrected chi connectivity index (χ3v) is 2.73. The molecule has 1 heterocycles. The van der Waals surface area contributed by atoms with Crippen LogP contribution in [0.15, 0.2) is 30.3 Å². The number of aliphatic carboxylic acids is 1. The summed E-state index contributed by atoms with van der Waals surface area (Å²) in [5, 5.41) is 8.79. The van der Waals surface area contributed by atoms with Crippen molar-refractivity contribution in [3.05, 3.63) is 35.9 Å². The van der Waals surface area contributed by atoms with Gasteiger partial charge in [-0.3, -0.25) is 14.4 Å². The lowest BCUT2D eigenvalue weighted by molar-refractivity contribution is -0.147. The predicted octanol–water partition coefficient (Wildman–Crippen LogP) is 0.299. The van der Waals surface area contributed by atoms with Gasteiger partial charge in [-0.2, -0.15) is 0 Å². The van der Waals surface area contributed by atoms with Gasteiger partial charge in [0.15, 0.2) is 0 Å². The molecule has 1 amide bonds. The van der Waals surface area contributed by atoms with Crippen LogP contribution in [-0.2, 0) is 20.9 Å². The monoisotopic (exact) mass is 233 g/mol. The largest absolute Gasteiger partial charge is 0.481 e. The summed E-state index contributed by atoms with van der Waals surface area (Å²) < 4.78 is 0. The maximum absolute atomic E-state index is 11.5. The lowest BCUT2D eigenvalue weighted by atomic mass is 10.1. The van der Waals surface area contributed by atoms with E-state index in [0.29, 0.717) is 0 Å². The second-order valence-electron chi connectivity index (χ2n) is 3.93. The Balaban J connectivity index is 2.12. The highest BCUT2D eigenvalue weighted by molar-refractivity contribution is 6.42. The number of Topliss-reactive ketones (excluding diaryl/α,β-unsaturated/α-hetero) is 1. The van der Waals surface area contributed by atoms with Gasteiger partial charge >= 0.3 is 5.97 Å². The van der Waals surface area contributed by atoms with E-state index in [9.17, 15) is 14.4 Å². The Labute approximate surface area is 97.7 Å². The number of rotatable bonds is 3. The van der Waals surface area contributed by atoms with Crippen molar-refractivity contribution in [1.29, 1.82) is 0 Å². The summed E-state index contributed by atoms with van der Waals surface area (Å²) in [5.74, 6) is -3.99. The molecule has 1 fully saturated rings. The smallest absolute Gasteiger partial charge is 0.316 e. The number of benzene rings is 1. The minimum atomic E-state index is -1.24. The first-order valence-corrected chi connectivity index (χ1v) is 5.19. The van der Waals surface area contributed by atoms with Crippen molar-refractivity contribution in [3.63, 3.8) is 0 Å². The van der Waals surface area contributed by atoms with Crippen LogP contribution in [0.5, 0.6) is 0 Å². The van der Waals surface area contributed by atoms with Crippen LogP contribution in [0.25, 0.3) is 0 Å². The molecule has 2 rings (SSSR count). The van der Waals surface area contributed by atoms with Crippen LogP contribution in [0.1, 0.15) is 5.56 Å². The van der Waals surface area contributed by atoms with Crippen molar-refractivity contribution in [1.82, 2.24) is 4.90 Å². The van der Waals surface area contributed by atoms with Crippen LogP contribution in [0.3, 0.4) is 0 Å². The molecule has 0 radical (unpaired) electrons. The SMILES string of the molecule is O=C(O)C1CN(Cc2ccccc2)C(=O)C1=O. The van der Waals surface area contributed by atoms with Crippen LogP contribution < -0.4 is 0 Å². The van der Waals surface area contributed by atoms with Crippen LogP contribution in [-0.4, -0.2) is 34.2 Å². The topological polar surface area (TPSA) is 74.7 Å². The molecule has 0 spiro atoms. The summed E-state index contributed by atoms with van der Waals surface area (Å²) in [5.41, 5.74) is 0.875. The molecule has 1 aromatic carbocycles. The van der Waals surface area contributed by atoms with Crippen LogP contribution in [0, 0.1) is 5.92 Å². The lowest BCUT2D eigenvalue weighted by Gasteiger charge is -2.14. The van der Waals surface area contributed by atoms with Crippen molar-refractivity contribution in [3.8, 4) is 0 Å². The van der Waals surface area contributed by atoms with Crippen molar-refractivity contribution in [2.24, 2.45) is 5.92 Å². The molecule has 1 atom stereocenters. The number of hydrogen-bond acceptors (Lipinski definition) is 3. The van der Waals surface area contributed by atoms with Gasteiger partial charge in [0.25, 0.3) is 5.91 Å². The Bertz CT molecular complexity index is 469. The van der Waals surface area contributed by atoms with Gasteiger partial charge in [-0.1, -0.05) is 30.3 Å². The van der Waals surface area contributed by atoms with Gasteiger partial charge in [0.05, 0.1) is 0 Å². The van der Waals surface area contributed by atoms with Gasteiger partial charge in [-0.25, -0.2) is 0 Å². The number of carboxylic acid groups (broad SMARTS) is 1. The van der Waals surface area contributed by atoms with Gasteiger partial charge < -0.3 is 10.0 Å². The summed E-state index contributed by atoms with van der Waals surface area (Å²) >= 11 is 0. The summed E-state index contributed by atoms with van der Waals surface area (Å²) in [4.78, 5) is 34.9. The van der Waals surface area contributed by atoms with Crippen LogP contribution >= 0.6 is 0 Å². The minimum Gasteiger partial charge on any atom is -0.481 e. The van der Waals surface area contributed by atoms with E-state index in [1.807, 2.05) is 30.3 Å². The Morgan fingerprint density at radius 3 is 2.47 bits per heavy atom. The lowest BCUT2D eigenvalue weighted by Crippen LogP contribution is -2.26. The van der Waals surface area contributed by atoms with Gasteiger partial charge in [-0.15, -0.1) is 0 Å². The third kappa shape index (κ3) is 2.18.